The summed E-state index contributed by atoms with van der Waals surface area (Å²) in [5, 5.41) is 0. The molecule has 102 valence electrons. The highest BCUT2D eigenvalue weighted by atomic mass is 16.5. The SMILES string of the molecule is CC.CC.O=C(Oc1ccccc1)c1cccnc1. The van der Waals surface area contributed by atoms with Gasteiger partial charge in [0.2, 0.25) is 0 Å². The molecule has 0 saturated carbocycles. The first-order valence-corrected chi connectivity index (χ1v) is 6.53. The number of aromatic nitrogens is 1. The molecular formula is C16H21NO2. The number of benzene rings is 1. The van der Waals surface area contributed by atoms with E-state index in [0.29, 0.717) is 11.3 Å². The van der Waals surface area contributed by atoms with Gasteiger partial charge in [0.25, 0.3) is 0 Å². The molecule has 0 spiro atoms. The summed E-state index contributed by atoms with van der Waals surface area (Å²) in [6.45, 7) is 8.00. The molecule has 0 radical (unpaired) electrons. The first kappa shape index (κ1) is 16.8. The molecule has 0 aliphatic rings. The standard InChI is InChI=1S/C12H9NO2.2C2H6/c14-12(10-5-4-8-13-9-10)15-11-6-2-1-3-7-11;2*1-2/h1-9H;2*1-2H3. The van der Waals surface area contributed by atoms with E-state index in [9.17, 15) is 4.79 Å². The van der Waals surface area contributed by atoms with Gasteiger partial charge in [-0.2, -0.15) is 0 Å². The van der Waals surface area contributed by atoms with Gasteiger partial charge in [0.1, 0.15) is 5.75 Å². The van der Waals surface area contributed by atoms with Crippen LogP contribution >= 0.6 is 0 Å². The summed E-state index contributed by atoms with van der Waals surface area (Å²) in [6.07, 6.45) is 3.09. The number of pyridine rings is 1. The Morgan fingerprint density at radius 2 is 1.58 bits per heavy atom. The van der Waals surface area contributed by atoms with Crippen molar-refractivity contribution in [1.29, 1.82) is 0 Å². The molecular weight excluding hydrogens is 238 g/mol. The Morgan fingerprint density at radius 1 is 0.947 bits per heavy atom. The molecule has 1 heterocycles. The van der Waals surface area contributed by atoms with Crippen molar-refractivity contribution in [1.82, 2.24) is 4.98 Å². The Kier molecular flexibility index (Phi) is 9.71. The Labute approximate surface area is 115 Å². The topological polar surface area (TPSA) is 39.2 Å². The summed E-state index contributed by atoms with van der Waals surface area (Å²) >= 11 is 0. The zero-order valence-corrected chi connectivity index (χ0v) is 12.0. The second kappa shape index (κ2) is 11.0. The maximum atomic E-state index is 11.6. The van der Waals surface area contributed by atoms with Crippen molar-refractivity contribution >= 4 is 5.97 Å². The third-order valence-electron chi connectivity index (χ3n) is 1.85. The molecule has 1 aromatic carbocycles. The van der Waals surface area contributed by atoms with E-state index in [-0.39, 0.29) is 0 Å². The fourth-order valence-corrected chi connectivity index (χ4v) is 1.14. The number of hydrogen-bond acceptors (Lipinski definition) is 3. The lowest BCUT2D eigenvalue weighted by Crippen LogP contribution is -2.08. The minimum atomic E-state index is -0.394. The highest BCUT2D eigenvalue weighted by Gasteiger charge is 2.06. The summed E-state index contributed by atoms with van der Waals surface area (Å²) in [4.78, 5) is 15.4. The Morgan fingerprint density at radius 3 is 2.11 bits per heavy atom. The fourth-order valence-electron chi connectivity index (χ4n) is 1.14. The van der Waals surface area contributed by atoms with Crippen LogP contribution < -0.4 is 4.74 Å². The van der Waals surface area contributed by atoms with Gasteiger partial charge >= 0.3 is 5.97 Å². The van der Waals surface area contributed by atoms with Crippen LogP contribution in [0.1, 0.15) is 38.1 Å². The third-order valence-corrected chi connectivity index (χ3v) is 1.85. The average molecular weight is 259 g/mol. The van der Waals surface area contributed by atoms with Crippen LogP contribution in [0.3, 0.4) is 0 Å². The van der Waals surface area contributed by atoms with E-state index >= 15 is 0 Å². The van der Waals surface area contributed by atoms with Gasteiger partial charge in [-0.25, -0.2) is 4.79 Å². The lowest BCUT2D eigenvalue weighted by molar-refractivity contribution is 0.0734. The molecule has 0 amide bonds. The van der Waals surface area contributed by atoms with Gasteiger partial charge in [0, 0.05) is 12.4 Å². The predicted molar refractivity (Wildman–Crippen MR) is 78.3 cm³/mol. The Hall–Kier alpha value is -2.16. The average Bonchev–Trinajstić information content (AvgIpc) is 2.53. The Balaban J connectivity index is 0.000000741. The van der Waals surface area contributed by atoms with Gasteiger partial charge in [0.15, 0.2) is 0 Å². The summed E-state index contributed by atoms with van der Waals surface area (Å²) in [5.41, 5.74) is 0.446. The van der Waals surface area contributed by atoms with Gasteiger partial charge in [-0.3, -0.25) is 4.98 Å². The number of nitrogens with zero attached hydrogens (tertiary/aromatic N) is 1. The lowest BCUT2D eigenvalue weighted by atomic mass is 10.3. The maximum absolute atomic E-state index is 11.6. The second-order valence-corrected chi connectivity index (χ2v) is 2.94. The zero-order chi connectivity index (χ0) is 14.5. The summed E-state index contributed by atoms with van der Waals surface area (Å²) in [7, 11) is 0. The van der Waals surface area contributed by atoms with Crippen molar-refractivity contribution in [3.8, 4) is 5.75 Å². The zero-order valence-electron chi connectivity index (χ0n) is 12.0. The molecule has 2 aromatic rings. The molecule has 3 nitrogen and oxygen atoms in total. The summed E-state index contributed by atoms with van der Waals surface area (Å²) < 4.78 is 5.12. The summed E-state index contributed by atoms with van der Waals surface area (Å²) in [6, 6.07) is 12.3. The van der Waals surface area contributed by atoms with E-state index in [1.165, 1.54) is 6.20 Å². The number of para-hydroxylation sites is 1. The molecule has 3 heteroatoms. The third kappa shape index (κ3) is 6.36. The normalized spacial score (nSPS) is 8.21. The van der Waals surface area contributed by atoms with Crippen LogP contribution in [-0.2, 0) is 0 Å². The molecule has 0 fully saturated rings. The molecule has 0 unspecified atom stereocenters. The van der Waals surface area contributed by atoms with Crippen LogP contribution in [0.2, 0.25) is 0 Å². The van der Waals surface area contributed by atoms with Crippen LogP contribution in [0.25, 0.3) is 0 Å². The van der Waals surface area contributed by atoms with Gasteiger partial charge < -0.3 is 4.74 Å². The lowest BCUT2D eigenvalue weighted by Gasteiger charge is -2.02. The van der Waals surface area contributed by atoms with Crippen LogP contribution in [0.5, 0.6) is 5.75 Å². The van der Waals surface area contributed by atoms with Crippen molar-refractivity contribution in [2.24, 2.45) is 0 Å². The second-order valence-electron chi connectivity index (χ2n) is 2.94. The first-order chi connectivity index (χ1) is 9.36. The van der Waals surface area contributed by atoms with Crippen LogP contribution in [-0.4, -0.2) is 11.0 Å². The minimum Gasteiger partial charge on any atom is -0.423 e. The van der Waals surface area contributed by atoms with E-state index in [1.54, 1.807) is 30.5 Å². The van der Waals surface area contributed by atoms with E-state index in [1.807, 2.05) is 45.9 Å². The van der Waals surface area contributed by atoms with Crippen LogP contribution in [0.4, 0.5) is 0 Å². The highest BCUT2D eigenvalue weighted by molar-refractivity contribution is 5.90. The van der Waals surface area contributed by atoms with E-state index in [0.717, 1.165) is 0 Å². The number of carbonyl (C=O) groups excluding carboxylic acids is 1. The van der Waals surface area contributed by atoms with Crippen molar-refractivity contribution < 1.29 is 9.53 Å². The smallest absolute Gasteiger partial charge is 0.345 e. The number of ether oxygens (including phenoxy) is 1. The van der Waals surface area contributed by atoms with Crippen molar-refractivity contribution in [3.05, 3.63) is 60.4 Å². The van der Waals surface area contributed by atoms with Crippen molar-refractivity contribution in [3.63, 3.8) is 0 Å². The van der Waals surface area contributed by atoms with E-state index in [2.05, 4.69) is 4.98 Å². The number of esters is 1. The summed E-state index contributed by atoms with van der Waals surface area (Å²) in [5.74, 6) is 0.139. The predicted octanol–water partition coefficient (Wildman–Crippen LogP) is 4.35. The van der Waals surface area contributed by atoms with Crippen molar-refractivity contribution in [2.45, 2.75) is 27.7 Å². The van der Waals surface area contributed by atoms with Gasteiger partial charge in [-0.1, -0.05) is 45.9 Å². The molecule has 0 N–H and O–H groups in total. The molecule has 0 saturated heterocycles. The van der Waals surface area contributed by atoms with E-state index < -0.39 is 5.97 Å². The highest BCUT2D eigenvalue weighted by Crippen LogP contribution is 2.10. The van der Waals surface area contributed by atoms with Crippen LogP contribution in [0, 0.1) is 0 Å². The number of hydrogen-bond donors (Lipinski definition) is 0. The first-order valence-electron chi connectivity index (χ1n) is 6.53. The molecule has 19 heavy (non-hydrogen) atoms. The maximum Gasteiger partial charge on any atom is 0.345 e. The van der Waals surface area contributed by atoms with Gasteiger partial charge in [-0.05, 0) is 24.3 Å². The quantitative estimate of drug-likeness (QED) is 0.594. The Bertz CT molecular complexity index is 441. The monoisotopic (exact) mass is 259 g/mol. The molecule has 0 aliphatic carbocycles. The molecule has 0 aliphatic heterocycles. The molecule has 2 rings (SSSR count). The number of carbonyl (C=O) groups is 1. The molecule has 1 aromatic heterocycles. The molecule has 0 bridgehead atoms. The van der Waals surface area contributed by atoms with Gasteiger partial charge in [0.05, 0.1) is 5.56 Å². The van der Waals surface area contributed by atoms with Gasteiger partial charge in [-0.15, -0.1) is 0 Å². The fraction of sp³-hybridized carbons (Fsp3) is 0.250. The van der Waals surface area contributed by atoms with Crippen LogP contribution in [0.15, 0.2) is 54.9 Å². The van der Waals surface area contributed by atoms with E-state index in [4.69, 9.17) is 4.74 Å². The largest absolute Gasteiger partial charge is 0.423 e. The van der Waals surface area contributed by atoms with Crippen molar-refractivity contribution in [2.75, 3.05) is 0 Å². The minimum absolute atomic E-state index is 0.394. The molecule has 0 atom stereocenters. The number of rotatable bonds is 2.